The maximum absolute atomic E-state index is 13.3. The molecule has 4 aromatic rings. The van der Waals surface area contributed by atoms with Crippen molar-refractivity contribution in [1.82, 2.24) is 20.5 Å². The molecule has 6 rings (SSSR count). The summed E-state index contributed by atoms with van der Waals surface area (Å²) in [5.74, 6) is 0.488. The topological polar surface area (TPSA) is 89.1 Å². The number of carbonyl (C=O) groups excluding carboxylic acids is 1. The van der Waals surface area contributed by atoms with Crippen molar-refractivity contribution in [3.63, 3.8) is 0 Å². The van der Waals surface area contributed by atoms with Crippen LogP contribution in [-0.2, 0) is 9.53 Å². The molecular weight excluding hydrogens is 547 g/mol. The number of fused-ring (bicyclic) bond motifs is 1. The molecule has 0 spiro atoms. The van der Waals surface area contributed by atoms with Crippen molar-refractivity contribution < 1.29 is 14.3 Å². The first-order valence-electron chi connectivity index (χ1n) is 13.4. The van der Waals surface area contributed by atoms with E-state index in [9.17, 15) is 4.79 Å². The molecule has 1 saturated heterocycles. The van der Waals surface area contributed by atoms with Gasteiger partial charge < -0.3 is 14.8 Å². The van der Waals surface area contributed by atoms with Crippen molar-refractivity contribution in [3.8, 4) is 39.4 Å². The lowest BCUT2D eigenvalue weighted by Gasteiger charge is -2.38. The van der Waals surface area contributed by atoms with Gasteiger partial charge in [-0.25, -0.2) is 4.98 Å². The number of nitrogens with zero attached hydrogens (tertiary/aromatic N) is 2. The van der Waals surface area contributed by atoms with Gasteiger partial charge in [0, 0.05) is 59.0 Å². The van der Waals surface area contributed by atoms with Crippen LogP contribution in [0.3, 0.4) is 0 Å². The third-order valence-electron chi connectivity index (χ3n) is 7.58. The number of carbonyl (C=O) groups is 1. The molecule has 1 amide bonds. The van der Waals surface area contributed by atoms with Crippen LogP contribution in [0.2, 0.25) is 10.0 Å². The van der Waals surface area contributed by atoms with Crippen LogP contribution >= 0.6 is 23.2 Å². The number of hydrogen-bond donors (Lipinski definition) is 2. The maximum atomic E-state index is 13.3. The fourth-order valence-electron chi connectivity index (χ4n) is 5.48. The van der Waals surface area contributed by atoms with E-state index in [0.717, 1.165) is 46.2 Å². The zero-order chi connectivity index (χ0) is 27.9. The second-order valence-corrected chi connectivity index (χ2v) is 11.8. The number of benzene rings is 2. The number of H-pyrrole nitrogens is 1. The monoisotopic (exact) mass is 576 g/mol. The molecule has 2 aliphatic rings. The highest BCUT2D eigenvalue weighted by Crippen LogP contribution is 2.45. The van der Waals surface area contributed by atoms with E-state index in [1.165, 1.54) is 0 Å². The summed E-state index contributed by atoms with van der Waals surface area (Å²) in [6, 6.07) is 15.3. The van der Waals surface area contributed by atoms with E-state index < -0.39 is 5.60 Å². The van der Waals surface area contributed by atoms with E-state index >= 15 is 0 Å². The lowest BCUT2D eigenvalue weighted by molar-refractivity contribution is -0.129. The molecule has 9 heteroatoms. The third-order valence-corrected chi connectivity index (χ3v) is 8.14. The molecule has 0 unspecified atom stereocenters. The van der Waals surface area contributed by atoms with Crippen LogP contribution in [0.4, 0.5) is 0 Å². The van der Waals surface area contributed by atoms with Crippen LogP contribution in [0, 0.1) is 5.92 Å². The summed E-state index contributed by atoms with van der Waals surface area (Å²) in [7, 11) is 0. The number of nitrogens with one attached hydrogen (secondary N) is 2. The molecule has 2 aliphatic heterocycles. The molecule has 206 valence electrons. The molecule has 0 radical (unpaired) electrons. The summed E-state index contributed by atoms with van der Waals surface area (Å²) in [5, 5.41) is 11.4. The fourth-order valence-corrected chi connectivity index (χ4v) is 5.87. The molecular formula is C31H30Cl2N4O3. The number of amides is 1. The van der Waals surface area contributed by atoms with E-state index in [0.29, 0.717) is 41.3 Å². The van der Waals surface area contributed by atoms with Gasteiger partial charge in [0.1, 0.15) is 5.60 Å². The van der Waals surface area contributed by atoms with Crippen LogP contribution in [0.5, 0.6) is 5.88 Å². The molecule has 40 heavy (non-hydrogen) atoms. The lowest BCUT2D eigenvalue weighted by atomic mass is 9.87. The minimum absolute atomic E-state index is 0.0481. The van der Waals surface area contributed by atoms with Gasteiger partial charge in [-0.05, 0) is 62.1 Å². The van der Waals surface area contributed by atoms with Gasteiger partial charge in [0.15, 0.2) is 0 Å². The van der Waals surface area contributed by atoms with E-state index in [1.807, 2.05) is 62.5 Å². The van der Waals surface area contributed by atoms with Gasteiger partial charge in [-0.15, -0.1) is 0 Å². The first-order chi connectivity index (χ1) is 19.3. The Hall–Kier alpha value is -3.39. The predicted octanol–water partition coefficient (Wildman–Crippen LogP) is 7.26. The van der Waals surface area contributed by atoms with Gasteiger partial charge in [0.2, 0.25) is 11.8 Å². The van der Waals surface area contributed by atoms with Gasteiger partial charge in [0.25, 0.3) is 0 Å². The second-order valence-electron chi connectivity index (χ2n) is 11.0. The van der Waals surface area contributed by atoms with Crippen LogP contribution in [-0.4, -0.2) is 39.9 Å². The van der Waals surface area contributed by atoms with Crippen molar-refractivity contribution in [1.29, 1.82) is 0 Å². The lowest BCUT2D eigenvalue weighted by Crippen LogP contribution is -2.44. The Morgan fingerprint density at radius 2 is 1.75 bits per heavy atom. The van der Waals surface area contributed by atoms with Crippen LogP contribution in [0.1, 0.15) is 44.7 Å². The van der Waals surface area contributed by atoms with Gasteiger partial charge in [-0.2, -0.15) is 5.10 Å². The average Bonchev–Trinajstić information content (AvgIpc) is 3.48. The molecule has 2 aromatic carbocycles. The first kappa shape index (κ1) is 26.8. The molecule has 1 atom stereocenters. The summed E-state index contributed by atoms with van der Waals surface area (Å²) in [6.45, 7) is 5.26. The highest BCUT2D eigenvalue weighted by Gasteiger charge is 2.38. The zero-order valence-corrected chi connectivity index (χ0v) is 23.9. The number of aromatic nitrogens is 3. The standard InChI is InChI=1S/C31H30Cl2N4O3/c1-31(2)15-27(36-29(38)19-9-11-39-12-10-19)25-14-24(18-3-6-22(32)7-4-18)28(37-30(25)40-31)23-8-5-20(13-26(23)33)21-16-34-35-17-21/h3-8,13-14,16-17,19,27H,9-12,15H2,1-2H3,(H,34,35)(H,36,38)/t27-/m1/s1. The summed E-state index contributed by atoms with van der Waals surface area (Å²) in [6.07, 6.45) is 5.66. The molecule has 2 aromatic heterocycles. The Balaban J connectivity index is 1.46. The highest BCUT2D eigenvalue weighted by molar-refractivity contribution is 6.33. The molecule has 2 N–H and O–H groups in total. The van der Waals surface area contributed by atoms with Crippen molar-refractivity contribution in [2.75, 3.05) is 13.2 Å². The van der Waals surface area contributed by atoms with E-state index in [1.54, 1.807) is 6.20 Å². The van der Waals surface area contributed by atoms with E-state index in [4.69, 9.17) is 37.7 Å². The van der Waals surface area contributed by atoms with Gasteiger partial charge in [-0.1, -0.05) is 47.5 Å². The normalized spacial score (nSPS) is 18.6. The molecule has 1 fully saturated rings. The zero-order valence-electron chi connectivity index (χ0n) is 22.3. The van der Waals surface area contributed by atoms with Gasteiger partial charge >= 0.3 is 0 Å². The predicted molar refractivity (Wildman–Crippen MR) is 156 cm³/mol. The minimum Gasteiger partial charge on any atom is -0.471 e. The summed E-state index contributed by atoms with van der Waals surface area (Å²) in [4.78, 5) is 18.3. The quantitative estimate of drug-likeness (QED) is 0.261. The number of ether oxygens (including phenoxy) is 2. The highest BCUT2D eigenvalue weighted by atomic mass is 35.5. The van der Waals surface area contributed by atoms with Gasteiger partial charge in [0.05, 0.1) is 23.0 Å². The molecule has 4 heterocycles. The maximum Gasteiger partial charge on any atom is 0.223 e. The van der Waals surface area contributed by atoms with Crippen molar-refractivity contribution >= 4 is 29.1 Å². The molecule has 0 aliphatic carbocycles. The second kappa shape index (κ2) is 10.9. The number of aromatic amines is 1. The Morgan fingerprint density at radius 3 is 2.45 bits per heavy atom. The number of rotatable bonds is 5. The Kier molecular flexibility index (Phi) is 7.29. The fraction of sp³-hybridized carbons (Fsp3) is 0.323. The first-order valence-corrected chi connectivity index (χ1v) is 14.2. The van der Waals surface area contributed by atoms with Gasteiger partial charge in [-0.3, -0.25) is 9.89 Å². The summed E-state index contributed by atoms with van der Waals surface area (Å²) >= 11 is 13.1. The minimum atomic E-state index is -0.526. The van der Waals surface area contributed by atoms with E-state index in [-0.39, 0.29) is 17.9 Å². The van der Waals surface area contributed by atoms with Crippen molar-refractivity contribution in [2.45, 2.75) is 44.8 Å². The number of hydrogen-bond acceptors (Lipinski definition) is 5. The van der Waals surface area contributed by atoms with Crippen molar-refractivity contribution in [2.24, 2.45) is 5.92 Å². The Bertz CT molecular complexity index is 1530. The Labute approximate surface area is 243 Å². The Morgan fingerprint density at radius 1 is 1.00 bits per heavy atom. The third kappa shape index (κ3) is 5.46. The number of halogens is 2. The number of pyridine rings is 1. The molecule has 7 nitrogen and oxygen atoms in total. The van der Waals surface area contributed by atoms with Crippen LogP contribution < -0.4 is 10.1 Å². The smallest absolute Gasteiger partial charge is 0.223 e. The average molecular weight is 578 g/mol. The van der Waals surface area contributed by atoms with Crippen LogP contribution in [0.25, 0.3) is 33.5 Å². The summed E-state index contributed by atoms with van der Waals surface area (Å²) in [5.41, 5.74) is 5.49. The van der Waals surface area contributed by atoms with Crippen molar-refractivity contribution in [3.05, 3.63) is 76.5 Å². The molecule has 0 bridgehead atoms. The largest absolute Gasteiger partial charge is 0.471 e. The SMILES string of the molecule is CC1(C)C[C@@H](NC(=O)C2CCOCC2)c2cc(-c3ccc(Cl)cc3)c(-c3ccc(-c4cn[nH]c4)cc3Cl)nc2O1. The van der Waals surface area contributed by atoms with E-state index in [2.05, 4.69) is 21.6 Å². The summed E-state index contributed by atoms with van der Waals surface area (Å²) < 4.78 is 11.9. The van der Waals surface area contributed by atoms with Crippen LogP contribution in [0.15, 0.2) is 60.9 Å². The molecule has 0 saturated carbocycles.